The van der Waals surface area contributed by atoms with Gasteiger partial charge in [-0.25, -0.2) is 14.4 Å². The van der Waals surface area contributed by atoms with Crippen molar-refractivity contribution in [1.29, 1.82) is 0 Å². The number of aliphatic hydroxyl groups is 1. The van der Waals surface area contributed by atoms with E-state index >= 15 is 4.39 Å². The third kappa shape index (κ3) is 5.47. The van der Waals surface area contributed by atoms with Crippen LogP contribution in [0.2, 0.25) is 5.02 Å². The Kier molecular flexibility index (Phi) is 7.94. The second-order valence-electron chi connectivity index (χ2n) is 10.6. The standard InChI is InChI=1S/C30H33ClFN5O3/c1-18(38)36-11-13-37(14-12-36)30-23-17-24(31)27(22-16-20(39)15-19-7-4-5-8-21(19)22)28(32)29(23)33-25(34-30)9-6-10-26(40)35(2)3/h4-5,7-8,16-17,22,39H,6,9-15H2,1-3H3. The van der Waals surface area contributed by atoms with Crippen LogP contribution in [0.4, 0.5) is 10.2 Å². The van der Waals surface area contributed by atoms with E-state index in [0.29, 0.717) is 68.9 Å². The SMILES string of the molecule is CC(=O)N1CCN(c2nc(CCCC(=O)N(C)C)nc3c(F)c(C4C=C(O)Cc5ccccc54)c(Cl)cc23)CC1. The Balaban J connectivity index is 1.60. The van der Waals surface area contributed by atoms with Gasteiger partial charge in [-0.2, -0.15) is 0 Å². The van der Waals surface area contributed by atoms with Crippen LogP contribution in [0, 0.1) is 5.82 Å². The number of hydrogen-bond donors (Lipinski definition) is 1. The summed E-state index contributed by atoms with van der Waals surface area (Å²) < 4.78 is 16.6. The predicted molar refractivity (Wildman–Crippen MR) is 153 cm³/mol. The molecule has 1 aliphatic carbocycles. The third-order valence-electron chi connectivity index (χ3n) is 7.69. The molecule has 2 aromatic carbocycles. The Morgan fingerprint density at radius 1 is 1.15 bits per heavy atom. The summed E-state index contributed by atoms with van der Waals surface area (Å²) in [6, 6.07) is 9.35. The predicted octanol–water partition coefficient (Wildman–Crippen LogP) is 4.63. The molecule has 8 nitrogen and oxygen atoms in total. The molecule has 40 heavy (non-hydrogen) atoms. The van der Waals surface area contributed by atoms with Crippen molar-refractivity contribution in [3.63, 3.8) is 0 Å². The van der Waals surface area contributed by atoms with E-state index in [4.69, 9.17) is 16.6 Å². The summed E-state index contributed by atoms with van der Waals surface area (Å²) in [5.74, 6) is 0.0719. The van der Waals surface area contributed by atoms with Crippen molar-refractivity contribution >= 4 is 40.1 Å². The average Bonchev–Trinajstić information content (AvgIpc) is 2.93. The zero-order valence-electron chi connectivity index (χ0n) is 23.0. The highest BCUT2D eigenvalue weighted by Gasteiger charge is 2.30. The van der Waals surface area contributed by atoms with Gasteiger partial charge in [-0.15, -0.1) is 0 Å². The minimum absolute atomic E-state index is 0.00387. The van der Waals surface area contributed by atoms with Gasteiger partial charge in [-0.3, -0.25) is 9.59 Å². The highest BCUT2D eigenvalue weighted by Crippen LogP contribution is 2.42. The van der Waals surface area contributed by atoms with E-state index in [0.717, 1.165) is 11.1 Å². The Labute approximate surface area is 238 Å². The maximum Gasteiger partial charge on any atom is 0.222 e. The summed E-state index contributed by atoms with van der Waals surface area (Å²) in [5, 5.41) is 11.2. The summed E-state index contributed by atoms with van der Waals surface area (Å²) in [4.78, 5) is 38.8. The Bertz CT molecular complexity index is 1500. The van der Waals surface area contributed by atoms with Crippen molar-refractivity contribution in [3.8, 4) is 0 Å². The molecule has 1 unspecified atom stereocenters. The molecule has 1 fully saturated rings. The van der Waals surface area contributed by atoms with Gasteiger partial charge in [0.25, 0.3) is 0 Å². The van der Waals surface area contributed by atoms with E-state index < -0.39 is 11.7 Å². The molecule has 0 spiro atoms. The van der Waals surface area contributed by atoms with E-state index in [9.17, 15) is 14.7 Å². The van der Waals surface area contributed by atoms with Gasteiger partial charge in [-0.1, -0.05) is 35.9 Å². The number of piperazine rings is 1. The summed E-state index contributed by atoms with van der Waals surface area (Å²) in [6.45, 7) is 3.69. The third-order valence-corrected chi connectivity index (χ3v) is 8.00. The molecule has 2 amide bonds. The Morgan fingerprint density at radius 3 is 2.58 bits per heavy atom. The van der Waals surface area contributed by atoms with E-state index in [1.54, 1.807) is 43.0 Å². The summed E-state index contributed by atoms with van der Waals surface area (Å²) >= 11 is 6.80. The number of rotatable bonds is 6. The number of carbonyl (C=O) groups excluding carboxylic acids is 2. The number of nitrogens with zero attached hydrogens (tertiary/aromatic N) is 5. The molecule has 1 N–H and O–H groups in total. The maximum absolute atomic E-state index is 16.6. The minimum Gasteiger partial charge on any atom is -0.512 e. The second kappa shape index (κ2) is 11.4. The van der Waals surface area contributed by atoms with E-state index in [2.05, 4.69) is 4.98 Å². The highest BCUT2D eigenvalue weighted by atomic mass is 35.5. The molecule has 2 aliphatic rings. The van der Waals surface area contributed by atoms with Gasteiger partial charge in [0.2, 0.25) is 11.8 Å². The number of anilines is 1. The molecule has 0 bridgehead atoms. The number of halogens is 2. The van der Waals surface area contributed by atoms with Crippen molar-refractivity contribution in [2.75, 3.05) is 45.2 Å². The normalized spacial score (nSPS) is 17.0. The quantitative estimate of drug-likeness (QED) is 0.469. The van der Waals surface area contributed by atoms with Gasteiger partial charge in [0.05, 0.1) is 5.76 Å². The topological polar surface area (TPSA) is 89.9 Å². The van der Waals surface area contributed by atoms with Crippen LogP contribution < -0.4 is 4.90 Å². The molecular formula is C30H33ClFN5O3. The number of aliphatic hydroxyl groups excluding tert-OH is 1. The van der Waals surface area contributed by atoms with Gasteiger partial charge in [0, 0.05) is 88.4 Å². The van der Waals surface area contributed by atoms with Crippen LogP contribution in [0.1, 0.15) is 48.2 Å². The van der Waals surface area contributed by atoms with Crippen LogP contribution >= 0.6 is 11.6 Å². The van der Waals surface area contributed by atoms with Crippen molar-refractivity contribution < 1.29 is 19.1 Å². The second-order valence-corrected chi connectivity index (χ2v) is 11.0. The molecule has 5 rings (SSSR count). The maximum atomic E-state index is 16.6. The number of amides is 2. The summed E-state index contributed by atoms with van der Waals surface area (Å²) in [7, 11) is 3.42. The molecule has 3 aromatic rings. The molecule has 10 heteroatoms. The first kappa shape index (κ1) is 27.8. The van der Waals surface area contributed by atoms with E-state index in [1.807, 2.05) is 29.2 Å². The van der Waals surface area contributed by atoms with Crippen LogP contribution in [0.3, 0.4) is 0 Å². The molecule has 1 atom stereocenters. The number of carbonyl (C=O) groups is 2. The van der Waals surface area contributed by atoms with Gasteiger partial charge < -0.3 is 19.8 Å². The first-order valence-corrected chi connectivity index (χ1v) is 13.9. The van der Waals surface area contributed by atoms with Crippen LogP contribution in [0.5, 0.6) is 0 Å². The van der Waals surface area contributed by atoms with Gasteiger partial charge >= 0.3 is 0 Å². The van der Waals surface area contributed by atoms with Crippen molar-refractivity contribution in [2.45, 2.75) is 38.5 Å². The first-order chi connectivity index (χ1) is 19.1. The number of hydrogen-bond acceptors (Lipinski definition) is 6. The molecule has 210 valence electrons. The van der Waals surface area contributed by atoms with Gasteiger partial charge in [0.15, 0.2) is 5.82 Å². The number of fused-ring (bicyclic) bond motifs is 2. The van der Waals surface area contributed by atoms with Crippen LogP contribution in [0.15, 0.2) is 42.2 Å². The zero-order valence-corrected chi connectivity index (χ0v) is 23.7. The Morgan fingerprint density at radius 2 is 1.88 bits per heavy atom. The van der Waals surface area contributed by atoms with Crippen molar-refractivity contribution in [3.05, 3.63) is 75.5 Å². The first-order valence-electron chi connectivity index (χ1n) is 13.5. The Hall–Kier alpha value is -3.72. The number of allylic oxidation sites excluding steroid dienone is 2. The number of benzene rings is 2. The lowest BCUT2D eigenvalue weighted by atomic mass is 9.82. The lowest BCUT2D eigenvalue weighted by Crippen LogP contribution is -2.48. The monoisotopic (exact) mass is 565 g/mol. The molecule has 0 radical (unpaired) electrons. The van der Waals surface area contributed by atoms with Crippen LogP contribution in [-0.2, 0) is 22.4 Å². The fourth-order valence-electron chi connectivity index (χ4n) is 5.51. The van der Waals surface area contributed by atoms with Crippen LogP contribution in [-0.4, -0.2) is 77.0 Å². The van der Waals surface area contributed by atoms with Crippen molar-refractivity contribution in [2.24, 2.45) is 0 Å². The number of aryl methyl sites for hydroxylation is 1. The molecular weight excluding hydrogens is 533 g/mol. The van der Waals surface area contributed by atoms with Crippen LogP contribution in [0.25, 0.3) is 10.9 Å². The fourth-order valence-corrected chi connectivity index (χ4v) is 5.82. The van der Waals surface area contributed by atoms with Crippen molar-refractivity contribution in [1.82, 2.24) is 19.8 Å². The molecule has 0 saturated carbocycles. The minimum atomic E-state index is -0.569. The largest absolute Gasteiger partial charge is 0.512 e. The summed E-state index contributed by atoms with van der Waals surface area (Å²) in [5.41, 5.74) is 2.22. The summed E-state index contributed by atoms with van der Waals surface area (Å²) in [6.07, 6.45) is 3.29. The lowest BCUT2D eigenvalue weighted by Gasteiger charge is -2.35. The van der Waals surface area contributed by atoms with E-state index in [1.165, 1.54) is 0 Å². The number of aromatic nitrogens is 2. The average molecular weight is 566 g/mol. The zero-order chi connectivity index (χ0) is 28.6. The van der Waals surface area contributed by atoms with E-state index in [-0.39, 0.29) is 33.7 Å². The highest BCUT2D eigenvalue weighted by molar-refractivity contribution is 6.32. The van der Waals surface area contributed by atoms with Gasteiger partial charge in [0.1, 0.15) is 17.2 Å². The molecule has 1 saturated heterocycles. The smallest absolute Gasteiger partial charge is 0.222 e. The molecule has 1 aromatic heterocycles. The molecule has 1 aliphatic heterocycles. The fraction of sp³-hybridized carbons (Fsp3) is 0.400. The lowest BCUT2D eigenvalue weighted by molar-refractivity contribution is -0.129. The molecule has 2 heterocycles. The van der Waals surface area contributed by atoms with Gasteiger partial charge in [-0.05, 0) is 29.7 Å².